The first kappa shape index (κ1) is 32.1. The van der Waals surface area contributed by atoms with Gasteiger partial charge in [0.2, 0.25) is 11.8 Å². The number of halogens is 2. The maximum Gasteiger partial charge on any atom is 0.264 e. The molecule has 0 heterocycles. The van der Waals surface area contributed by atoms with Gasteiger partial charge < -0.3 is 10.2 Å². The van der Waals surface area contributed by atoms with Crippen LogP contribution in [0.3, 0.4) is 0 Å². The molecule has 0 bridgehead atoms. The molecule has 224 valence electrons. The average molecular weight is 639 g/mol. The molecule has 0 saturated heterocycles. The van der Waals surface area contributed by atoms with Crippen LogP contribution in [0.2, 0.25) is 10.0 Å². The van der Waals surface area contributed by atoms with Gasteiger partial charge in [-0.05, 0) is 66.9 Å². The van der Waals surface area contributed by atoms with Gasteiger partial charge in [0.15, 0.2) is 0 Å². The zero-order valence-electron chi connectivity index (χ0n) is 24.1. The van der Waals surface area contributed by atoms with E-state index in [2.05, 4.69) is 5.32 Å². The summed E-state index contributed by atoms with van der Waals surface area (Å²) >= 11 is 13.0. The Morgan fingerprint density at radius 2 is 1.42 bits per heavy atom. The Balaban J connectivity index is 1.83. The van der Waals surface area contributed by atoms with Gasteiger partial charge in [0.05, 0.1) is 10.6 Å². The standard InChI is InChI=1S/C33H33Cl2N3O4S/c1-23-17-18-26(19-24(23)2)38(43(41,42)27-13-8-5-9-14-27)22-32(39)37(21-28-29(34)15-10-16-30(28)35)31(33(40)36-3)20-25-11-6-4-7-12-25/h4-19,31H,20-22H2,1-3H3,(H,36,40)/t31-/m0/s1. The van der Waals surface area contributed by atoms with Crippen LogP contribution in [-0.4, -0.2) is 44.8 Å². The van der Waals surface area contributed by atoms with Gasteiger partial charge in [-0.3, -0.25) is 13.9 Å². The second-order valence-corrected chi connectivity index (χ2v) is 12.8. The van der Waals surface area contributed by atoms with Crippen molar-refractivity contribution in [1.82, 2.24) is 10.2 Å². The molecular weight excluding hydrogens is 605 g/mol. The van der Waals surface area contributed by atoms with E-state index in [9.17, 15) is 18.0 Å². The van der Waals surface area contributed by atoms with Crippen LogP contribution in [0, 0.1) is 13.8 Å². The highest BCUT2D eigenvalue weighted by Gasteiger charge is 2.35. The van der Waals surface area contributed by atoms with Gasteiger partial charge in [0.25, 0.3) is 10.0 Å². The third-order valence-electron chi connectivity index (χ3n) is 7.30. The number of nitrogens with zero attached hydrogens (tertiary/aromatic N) is 2. The first-order valence-electron chi connectivity index (χ1n) is 13.7. The maximum atomic E-state index is 14.4. The van der Waals surface area contributed by atoms with Crippen molar-refractivity contribution in [2.75, 3.05) is 17.9 Å². The number of nitrogens with one attached hydrogen (secondary N) is 1. The molecule has 0 aliphatic rings. The first-order valence-corrected chi connectivity index (χ1v) is 15.9. The zero-order chi connectivity index (χ0) is 31.1. The number of aryl methyl sites for hydroxylation is 2. The van der Waals surface area contributed by atoms with Crippen molar-refractivity contribution in [2.45, 2.75) is 37.8 Å². The van der Waals surface area contributed by atoms with Gasteiger partial charge in [-0.15, -0.1) is 0 Å². The maximum absolute atomic E-state index is 14.4. The smallest absolute Gasteiger partial charge is 0.264 e. The van der Waals surface area contributed by atoms with Gasteiger partial charge in [0.1, 0.15) is 12.6 Å². The fourth-order valence-corrected chi connectivity index (χ4v) is 6.65. The average Bonchev–Trinajstić information content (AvgIpc) is 3.00. The van der Waals surface area contributed by atoms with Crippen molar-refractivity contribution in [3.63, 3.8) is 0 Å². The molecule has 4 aromatic rings. The molecule has 43 heavy (non-hydrogen) atoms. The molecule has 4 aromatic carbocycles. The molecule has 0 spiro atoms. The van der Waals surface area contributed by atoms with Crippen molar-refractivity contribution in [3.05, 3.63) is 129 Å². The van der Waals surface area contributed by atoms with E-state index in [-0.39, 0.29) is 17.9 Å². The Morgan fingerprint density at radius 1 is 0.814 bits per heavy atom. The summed E-state index contributed by atoms with van der Waals surface area (Å²) in [4.78, 5) is 29.2. The normalized spacial score (nSPS) is 11.9. The predicted molar refractivity (Wildman–Crippen MR) is 172 cm³/mol. The number of amides is 2. The van der Waals surface area contributed by atoms with E-state index in [0.717, 1.165) is 21.0 Å². The third-order valence-corrected chi connectivity index (χ3v) is 9.79. The van der Waals surface area contributed by atoms with Crippen LogP contribution in [0.5, 0.6) is 0 Å². The fourth-order valence-electron chi connectivity index (χ4n) is 4.70. The number of hydrogen-bond donors (Lipinski definition) is 1. The zero-order valence-corrected chi connectivity index (χ0v) is 26.5. The Labute approximate surface area is 263 Å². The molecule has 0 aliphatic carbocycles. The van der Waals surface area contributed by atoms with Gasteiger partial charge in [0, 0.05) is 35.6 Å². The SMILES string of the molecule is CNC(=O)[C@H](Cc1ccccc1)N(Cc1c(Cl)cccc1Cl)C(=O)CN(c1ccc(C)c(C)c1)S(=O)(=O)c1ccccc1. The predicted octanol–water partition coefficient (Wildman–Crippen LogP) is 6.19. The highest BCUT2D eigenvalue weighted by molar-refractivity contribution is 7.92. The summed E-state index contributed by atoms with van der Waals surface area (Å²) in [5, 5.41) is 3.31. The number of anilines is 1. The van der Waals surface area contributed by atoms with E-state index in [4.69, 9.17) is 23.2 Å². The molecule has 1 atom stereocenters. The van der Waals surface area contributed by atoms with Crippen LogP contribution in [0.1, 0.15) is 22.3 Å². The summed E-state index contributed by atoms with van der Waals surface area (Å²) in [6, 6.07) is 26.4. The minimum absolute atomic E-state index is 0.0360. The molecule has 1 N–H and O–H groups in total. The lowest BCUT2D eigenvalue weighted by Crippen LogP contribution is -2.53. The van der Waals surface area contributed by atoms with E-state index in [1.165, 1.54) is 24.1 Å². The van der Waals surface area contributed by atoms with E-state index in [1.807, 2.05) is 50.2 Å². The van der Waals surface area contributed by atoms with E-state index in [1.54, 1.807) is 48.5 Å². The lowest BCUT2D eigenvalue weighted by atomic mass is 10.0. The second-order valence-electron chi connectivity index (χ2n) is 10.1. The fraction of sp³-hybridized carbons (Fsp3) is 0.212. The summed E-state index contributed by atoms with van der Waals surface area (Å²) in [7, 11) is -2.69. The first-order chi connectivity index (χ1) is 20.5. The molecule has 2 amide bonds. The van der Waals surface area contributed by atoms with Crippen molar-refractivity contribution < 1.29 is 18.0 Å². The van der Waals surface area contributed by atoms with Crippen LogP contribution in [0.4, 0.5) is 5.69 Å². The van der Waals surface area contributed by atoms with Gasteiger partial charge in [-0.2, -0.15) is 0 Å². The Bertz CT molecular complexity index is 1680. The van der Waals surface area contributed by atoms with Crippen molar-refractivity contribution in [3.8, 4) is 0 Å². The third kappa shape index (κ3) is 7.57. The molecule has 0 saturated carbocycles. The molecule has 0 fully saturated rings. The van der Waals surface area contributed by atoms with Crippen LogP contribution in [0.25, 0.3) is 0 Å². The van der Waals surface area contributed by atoms with Crippen molar-refractivity contribution in [2.24, 2.45) is 0 Å². The number of rotatable bonds is 11. The van der Waals surface area contributed by atoms with Crippen LogP contribution >= 0.6 is 23.2 Å². The largest absolute Gasteiger partial charge is 0.357 e. The van der Waals surface area contributed by atoms with E-state index < -0.39 is 34.4 Å². The monoisotopic (exact) mass is 637 g/mol. The van der Waals surface area contributed by atoms with Crippen molar-refractivity contribution in [1.29, 1.82) is 0 Å². The van der Waals surface area contributed by atoms with Gasteiger partial charge in [-0.25, -0.2) is 8.42 Å². The minimum Gasteiger partial charge on any atom is -0.357 e. The van der Waals surface area contributed by atoms with Crippen molar-refractivity contribution >= 4 is 50.7 Å². The topological polar surface area (TPSA) is 86.8 Å². The van der Waals surface area contributed by atoms with E-state index in [0.29, 0.717) is 21.3 Å². The summed E-state index contributed by atoms with van der Waals surface area (Å²) in [6.07, 6.45) is 0.184. The summed E-state index contributed by atoms with van der Waals surface area (Å²) in [5.74, 6) is -1.01. The van der Waals surface area contributed by atoms with Gasteiger partial charge >= 0.3 is 0 Å². The van der Waals surface area contributed by atoms with Crippen LogP contribution in [-0.2, 0) is 32.6 Å². The summed E-state index contributed by atoms with van der Waals surface area (Å²) in [5.41, 5.74) is 3.44. The number of sulfonamides is 1. The minimum atomic E-state index is -4.18. The number of carbonyl (C=O) groups is 2. The van der Waals surface area contributed by atoms with E-state index >= 15 is 0 Å². The Hall–Kier alpha value is -3.85. The molecule has 4 rings (SSSR count). The lowest BCUT2D eigenvalue weighted by Gasteiger charge is -2.34. The molecular formula is C33H33Cl2N3O4S. The molecule has 0 radical (unpaired) electrons. The number of carbonyl (C=O) groups excluding carboxylic acids is 2. The van der Waals surface area contributed by atoms with Crippen LogP contribution in [0.15, 0.2) is 102 Å². The summed E-state index contributed by atoms with van der Waals surface area (Å²) < 4.78 is 29.2. The summed E-state index contributed by atoms with van der Waals surface area (Å²) in [6.45, 7) is 3.12. The molecule has 0 unspecified atom stereocenters. The molecule has 0 aromatic heterocycles. The van der Waals surface area contributed by atoms with Gasteiger partial charge in [-0.1, -0.05) is 83.9 Å². The molecule has 0 aliphatic heterocycles. The second kappa shape index (κ2) is 14.1. The highest BCUT2D eigenvalue weighted by Crippen LogP contribution is 2.29. The van der Waals surface area contributed by atoms with Crippen LogP contribution < -0.4 is 9.62 Å². The number of hydrogen-bond acceptors (Lipinski definition) is 4. The molecule has 7 nitrogen and oxygen atoms in total. The Morgan fingerprint density at radius 3 is 2.00 bits per heavy atom. The highest BCUT2D eigenvalue weighted by atomic mass is 35.5. The lowest BCUT2D eigenvalue weighted by molar-refractivity contribution is -0.139. The quantitative estimate of drug-likeness (QED) is 0.212. The molecule has 10 heteroatoms. The number of likely N-dealkylation sites (N-methyl/N-ethyl adjacent to an activating group) is 1. The number of benzene rings is 4. The Kier molecular flexibility index (Phi) is 10.5.